The summed E-state index contributed by atoms with van der Waals surface area (Å²) in [7, 11) is 1.35. The van der Waals surface area contributed by atoms with Crippen LogP contribution in [0.5, 0.6) is 0 Å². The van der Waals surface area contributed by atoms with E-state index in [1.165, 1.54) is 24.6 Å². The monoisotopic (exact) mass is 306 g/mol. The molecule has 0 aliphatic heterocycles. The first-order valence-electron chi connectivity index (χ1n) is 6.60. The maximum atomic E-state index is 12.1. The van der Waals surface area contributed by atoms with Gasteiger partial charge in [-0.1, -0.05) is 0 Å². The molecule has 0 fully saturated rings. The molecule has 2 aromatic rings. The number of carbonyl (C=O) groups excluding carboxylic acids is 2. The molecule has 2 aromatic heterocycles. The summed E-state index contributed by atoms with van der Waals surface area (Å²) in [6, 6.07) is 0. The van der Waals surface area contributed by atoms with E-state index in [-0.39, 0.29) is 5.69 Å². The lowest BCUT2D eigenvalue weighted by Gasteiger charge is -2.11. The first-order chi connectivity index (χ1) is 10.2. The smallest absolute Gasteiger partial charge is 0.341 e. The van der Waals surface area contributed by atoms with Gasteiger partial charge in [0.1, 0.15) is 5.00 Å². The fraction of sp³-hybridized carbons (Fsp3) is 0.385. The van der Waals surface area contributed by atoms with Gasteiger partial charge in [-0.05, 0) is 31.2 Å². The zero-order valence-corrected chi connectivity index (χ0v) is 12.2. The Kier molecular flexibility index (Phi) is 3.70. The summed E-state index contributed by atoms with van der Waals surface area (Å²) in [5.74, 6) is -0.808. The van der Waals surface area contributed by atoms with Gasteiger partial charge in [0, 0.05) is 4.88 Å². The Morgan fingerprint density at radius 2 is 2.19 bits per heavy atom. The van der Waals surface area contributed by atoms with E-state index >= 15 is 0 Å². The molecule has 2 N–H and O–H groups in total. The maximum Gasteiger partial charge on any atom is 0.341 e. The van der Waals surface area contributed by atoms with Crippen molar-refractivity contribution in [2.75, 3.05) is 12.4 Å². The molecule has 110 valence electrons. The molecular formula is C13H14N4O3S. The van der Waals surface area contributed by atoms with E-state index < -0.39 is 11.9 Å². The maximum absolute atomic E-state index is 12.1. The van der Waals surface area contributed by atoms with Crippen LogP contribution in [-0.4, -0.2) is 34.4 Å². The fourth-order valence-corrected chi connectivity index (χ4v) is 3.72. The minimum atomic E-state index is -0.412. The lowest BCUT2D eigenvalue weighted by molar-refractivity contribution is 0.0601. The molecule has 3 rings (SSSR count). The third-order valence-corrected chi connectivity index (χ3v) is 4.64. The van der Waals surface area contributed by atoms with Crippen LogP contribution in [0.25, 0.3) is 0 Å². The first kappa shape index (κ1) is 13.7. The lowest BCUT2D eigenvalue weighted by Crippen LogP contribution is -2.15. The second kappa shape index (κ2) is 5.65. The van der Waals surface area contributed by atoms with Gasteiger partial charge in [-0.25, -0.2) is 4.79 Å². The normalized spacial score (nSPS) is 13.6. The van der Waals surface area contributed by atoms with Gasteiger partial charge in [0.15, 0.2) is 5.69 Å². The molecule has 0 unspecified atom stereocenters. The van der Waals surface area contributed by atoms with Crippen LogP contribution in [0.2, 0.25) is 0 Å². The lowest BCUT2D eigenvalue weighted by atomic mass is 9.95. The van der Waals surface area contributed by atoms with Crippen molar-refractivity contribution in [3.8, 4) is 0 Å². The van der Waals surface area contributed by atoms with Crippen LogP contribution < -0.4 is 5.32 Å². The standard InChI is InChI=1S/C13H14N4O3S/c1-20-13(19)10-7-4-2-3-5-9(7)21-12(10)15-11(18)8-6-14-17-16-8/h6H,2-5H2,1H3,(H,15,18)(H,14,16,17). The van der Waals surface area contributed by atoms with Crippen molar-refractivity contribution in [3.63, 3.8) is 0 Å². The number of H-pyrrole nitrogens is 1. The highest BCUT2D eigenvalue weighted by molar-refractivity contribution is 7.17. The van der Waals surface area contributed by atoms with Crippen molar-refractivity contribution in [1.29, 1.82) is 0 Å². The van der Waals surface area contributed by atoms with Gasteiger partial charge in [0.05, 0.1) is 18.9 Å². The summed E-state index contributed by atoms with van der Waals surface area (Å²) in [5, 5.41) is 13.0. The molecule has 0 saturated carbocycles. The van der Waals surface area contributed by atoms with Gasteiger partial charge in [-0.2, -0.15) is 15.4 Å². The molecule has 21 heavy (non-hydrogen) atoms. The molecule has 0 saturated heterocycles. The number of aromatic amines is 1. The van der Waals surface area contributed by atoms with Crippen LogP contribution in [0.15, 0.2) is 6.20 Å². The molecule has 7 nitrogen and oxygen atoms in total. The Morgan fingerprint density at radius 3 is 2.90 bits per heavy atom. The van der Waals surface area contributed by atoms with Crippen molar-refractivity contribution >= 4 is 28.2 Å². The molecule has 0 radical (unpaired) electrons. The molecule has 8 heteroatoms. The third-order valence-electron chi connectivity index (χ3n) is 3.44. The number of hydrogen-bond acceptors (Lipinski definition) is 6. The minimum Gasteiger partial charge on any atom is -0.465 e. The van der Waals surface area contributed by atoms with Gasteiger partial charge >= 0.3 is 5.97 Å². The zero-order valence-electron chi connectivity index (χ0n) is 11.4. The second-order valence-corrected chi connectivity index (χ2v) is 5.82. The molecule has 0 spiro atoms. The van der Waals surface area contributed by atoms with Crippen LogP contribution in [0, 0.1) is 0 Å². The number of esters is 1. The summed E-state index contributed by atoms with van der Waals surface area (Å²) >= 11 is 1.44. The van der Waals surface area contributed by atoms with E-state index in [0.29, 0.717) is 10.6 Å². The van der Waals surface area contributed by atoms with Gasteiger partial charge in [-0.15, -0.1) is 11.3 Å². The van der Waals surface area contributed by atoms with E-state index in [0.717, 1.165) is 36.1 Å². The van der Waals surface area contributed by atoms with Gasteiger partial charge in [-0.3, -0.25) is 4.79 Å². The van der Waals surface area contributed by atoms with E-state index in [2.05, 4.69) is 20.7 Å². The van der Waals surface area contributed by atoms with E-state index in [1.807, 2.05) is 0 Å². The number of anilines is 1. The average Bonchev–Trinajstić information content (AvgIpc) is 3.13. The van der Waals surface area contributed by atoms with Gasteiger partial charge < -0.3 is 10.1 Å². The van der Waals surface area contributed by atoms with Gasteiger partial charge in [0.25, 0.3) is 5.91 Å². The summed E-state index contributed by atoms with van der Waals surface area (Å²) in [6.45, 7) is 0. The third kappa shape index (κ3) is 2.54. The van der Waals surface area contributed by atoms with Crippen LogP contribution in [0.3, 0.4) is 0 Å². The quantitative estimate of drug-likeness (QED) is 0.843. The number of nitrogens with one attached hydrogen (secondary N) is 2. The molecule has 1 aliphatic carbocycles. The zero-order chi connectivity index (χ0) is 14.8. The number of fused-ring (bicyclic) bond motifs is 1. The van der Waals surface area contributed by atoms with Crippen molar-refractivity contribution in [1.82, 2.24) is 15.4 Å². The number of aryl methyl sites for hydroxylation is 1. The first-order valence-corrected chi connectivity index (χ1v) is 7.42. The summed E-state index contributed by atoms with van der Waals surface area (Å²) in [4.78, 5) is 25.3. The molecule has 2 heterocycles. The molecular weight excluding hydrogens is 292 g/mol. The minimum absolute atomic E-state index is 0.178. The molecule has 1 aliphatic rings. The number of ether oxygens (including phenoxy) is 1. The van der Waals surface area contributed by atoms with Crippen LogP contribution in [0.1, 0.15) is 44.1 Å². The largest absolute Gasteiger partial charge is 0.465 e. The topological polar surface area (TPSA) is 97.0 Å². The number of carbonyl (C=O) groups is 2. The SMILES string of the molecule is COC(=O)c1c(NC(=O)c2cn[nH]n2)sc2c1CCCC2. The Morgan fingerprint density at radius 1 is 1.38 bits per heavy atom. The van der Waals surface area contributed by atoms with Crippen LogP contribution >= 0.6 is 11.3 Å². The number of aromatic nitrogens is 3. The summed E-state index contributed by atoms with van der Waals surface area (Å²) in [6.07, 6.45) is 5.26. The summed E-state index contributed by atoms with van der Waals surface area (Å²) < 4.78 is 4.86. The number of amides is 1. The highest BCUT2D eigenvalue weighted by atomic mass is 32.1. The van der Waals surface area contributed by atoms with Crippen molar-refractivity contribution in [2.24, 2.45) is 0 Å². The van der Waals surface area contributed by atoms with Crippen LogP contribution in [-0.2, 0) is 17.6 Å². The fourth-order valence-electron chi connectivity index (χ4n) is 2.45. The van der Waals surface area contributed by atoms with Crippen molar-refractivity contribution in [2.45, 2.75) is 25.7 Å². The highest BCUT2D eigenvalue weighted by Crippen LogP contribution is 2.38. The predicted molar refractivity (Wildman–Crippen MR) is 76.6 cm³/mol. The van der Waals surface area contributed by atoms with E-state index in [4.69, 9.17) is 4.74 Å². The van der Waals surface area contributed by atoms with Gasteiger partial charge in [0.2, 0.25) is 0 Å². The second-order valence-electron chi connectivity index (χ2n) is 4.72. The van der Waals surface area contributed by atoms with E-state index in [1.54, 1.807) is 0 Å². The Hall–Kier alpha value is -2.22. The number of thiophene rings is 1. The average molecular weight is 306 g/mol. The van der Waals surface area contributed by atoms with Crippen molar-refractivity contribution in [3.05, 3.63) is 27.9 Å². The molecule has 0 atom stereocenters. The molecule has 0 aromatic carbocycles. The van der Waals surface area contributed by atoms with E-state index in [9.17, 15) is 9.59 Å². The number of methoxy groups -OCH3 is 1. The molecule has 1 amide bonds. The Labute approximate surface area is 124 Å². The Bertz CT molecular complexity index is 678. The Balaban J connectivity index is 1.95. The van der Waals surface area contributed by atoms with Crippen LogP contribution in [0.4, 0.5) is 5.00 Å². The van der Waals surface area contributed by atoms with Crippen molar-refractivity contribution < 1.29 is 14.3 Å². The molecule has 0 bridgehead atoms. The number of hydrogen-bond donors (Lipinski definition) is 2. The number of rotatable bonds is 3. The highest BCUT2D eigenvalue weighted by Gasteiger charge is 2.27. The number of nitrogens with zero attached hydrogens (tertiary/aromatic N) is 2. The summed E-state index contributed by atoms with van der Waals surface area (Å²) in [5.41, 5.74) is 1.67. The predicted octanol–water partition coefficient (Wildman–Crippen LogP) is 1.78.